The molecule has 3 aromatic rings. The van der Waals surface area contributed by atoms with Crippen LogP contribution in [0.3, 0.4) is 0 Å². The molecule has 1 heterocycles. The van der Waals surface area contributed by atoms with Crippen molar-refractivity contribution in [3.63, 3.8) is 0 Å². The van der Waals surface area contributed by atoms with Crippen molar-refractivity contribution in [1.82, 2.24) is 9.78 Å². The molecule has 1 aromatic heterocycles. The molecule has 2 nitrogen and oxygen atoms in total. The average molecular weight is 303 g/mol. The van der Waals surface area contributed by atoms with Crippen LogP contribution in [0.1, 0.15) is 5.56 Å². The van der Waals surface area contributed by atoms with Gasteiger partial charge in [0, 0.05) is 21.8 Å². The van der Waals surface area contributed by atoms with E-state index in [1.165, 1.54) is 0 Å². The molecule has 3 rings (SSSR count). The highest BCUT2D eigenvalue weighted by molar-refractivity contribution is 6.31. The SMILES string of the molecule is Cc1ccc(-n2cc(-c3ccc(Cl)cc3)cn2)cc1Cl. The minimum atomic E-state index is 0.728. The van der Waals surface area contributed by atoms with Crippen molar-refractivity contribution >= 4 is 23.2 Å². The van der Waals surface area contributed by atoms with E-state index in [9.17, 15) is 0 Å². The number of aryl methyl sites for hydroxylation is 1. The molecule has 0 saturated heterocycles. The molecule has 0 bridgehead atoms. The maximum atomic E-state index is 6.15. The van der Waals surface area contributed by atoms with Crippen LogP contribution in [0.15, 0.2) is 54.9 Å². The molecule has 2 aromatic carbocycles. The molecule has 0 aliphatic carbocycles. The molecule has 20 heavy (non-hydrogen) atoms. The Morgan fingerprint density at radius 1 is 0.950 bits per heavy atom. The first kappa shape index (κ1) is 13.2. The summed E-state index contributed by atoms with van der Waals surface area (Å²) in [7, 11) is 0. The highest BCUT2D eigenvalue weighted by Gasteiger charge is 2.05. The number of nitrogens with zero attached hydrogens (tertiary/aromatic N) is 2. The Morgan fingerprint density at radius 2 is 1.70 bits per heavy atom. The minimum absolute atomic E-state index is 0.728. The fourth-order valence-corrected chi connectivity index (χ4v) is 2.28. The van der Waals surface area contributed by atoms with Crippen molar-refractivity contribution in [2.75, 3.05) is 0 Å². The first-order chi connectivity index (χ1) is 9.63. The van der Waals surface area contributed by atoms with E-state index in [2.05, 4.69) is 5.10 Å². The van der Waals surface area contributed by atoms with Crippen LogP contribution >= 0.6 is 23.2 Å². The summed E-state index contributed by atoms with van der Waals surface area (Å²) in [6.45, 7) is 1.98. The molecule has 0 spiro atoms. The van der Waals surface area contributed by atoms with Gasteiger partial charge >= 0.3 is 0 Å². The van der Waals surface area contributed by atoms with Gasteiger partial charge in [-0.15, -0.1) is 0 Å². The standard InChI is InChI=1S/C16H12Cl2N2/c1-11-2-7-15(8-16(11)18)20-10-13(9-19-20)12-3-5-14(17)6-4-12/h2-10H,1H3. The Balaban J connectivity index is 1.97. The topological polar surface area (TPSA) is 17.8 Å². The van der Waals surface area contributed by atoms with Crippen LogP contribution in [-0.2, 0) is 0 Å². The first-order valence-corrected chi connectivity index (χ1v) is 6.96. The second kappa shape index (κ2) is 5.31. The van der Waals surface area contributed by atoms with Crippen molar-refractivity contribution in [2.45, 2.75) is 6.92 Å². The van der Waals surface area contributed by atoms with Gasteiger partial charge in [0.1, 0.15) is 0 Å². The van der Waals surface area contributed by atoms with Gasteiger partial charge in [0.05, 0.1) is 11.9 Å². The predicted molar refractivity (Wildman–Crippen MR) is 83.8 cm³/mol. The third-order valence-corrected chi connectivity index (χ3v) is 3.84. The summed E-state index contributed by atoms with van der Waals surface area (Å²) in [6.07, 6.45) is 3.81. The van der Waals surface area contributed by atoms with E-state index < -0.39 is 0 Å². The van der Waals surface area contributed by atoms with E-state index in [1.54, 1.807) is 0 Å². The Hall–Kier alpha value is -1.77. The van der Waals surface area contributed by atoms with Gasteiger partial charge in [-0.05, 0) is 42.3 Å². The molecule has 0 unspecified atom stereocenters. The molecule has 0 radical (unpaired) electrons. The van der Waals surface area contributed by atoms with Gasteiger partial charge in [-0.1, -0.05) is 41.4 Å². The average Bonchev–Trinajstić information content (AvgIpc) is 2.92. The van der Waals surface area contributed by atoms with E-state index >= 15 is 0 Å². The monoisotopic (exact) mass is 302 g/mol. The Labute approximate surface area is 127 Å². The predicted octanol–water partition coefficient (Wildman–Crippen LogP) is 5.15. The zero-order chi connectivity index (χ0) is 14.1. The molecule has 0 aliphatic rings. The Morgan fingerprint density at radius 3 is 2.40 bits per heavy atom. The van der Waals surface area contributed by atoms with E-state index in [0.717, 1.165) is 32.4 Å². The van der Waals surface area contributed by atoms with Crippen molar-refractivity contribution in [3.05, 3.63) is 70.5 Å². The molecule has 4 heteroatoms. The largest absolute Gasteiger partial charge is 0.240 e. The summed E-state index contributed by atoms with van der Waals surface area (Å²) in [5.41, 5.74) is 4.12. The van der Waals surface area contributed by atoms with Crippen molar-refractivity contribution in [2.24, 2.45) is 0 Å². The molecule has 100 valence electrons. The lowest BCUT2D eigenvalue weighted by molar-refractivity contribution is 0.880. The normalized spacial score (nSPS) is 10.8. The second-order valence-electron chi connectivity index (χ2n) is 4.61. The summed E-state index contributed by atoms with van der Waals surface area (Å²) in [5, 5.41) is 5.85. The van der Waals surface area contributed by atoms with Crippen molar-refractivity contribution in [3.8, 4) is 16.8 Å². The maximum Gasteiger partial charge on any atom is 0.0660 e. The van der Waals surface area contributed by atoms with Gasteiger partial charge in [-0.2, -0.15) is 5.10 Å². The quantitative estimate of drug-likeness (QED) is 0.640. The van der Waals surface area contributed by atoms with Crippen LogP contribution in [0, 0.1) is 6.92 Å². The third-order valence-electron chi connectivity index (χ3n) is 3.18. The number of hydrogen-bond donors (Lipinski definition) is 0. The van der Waals surface area contributed by atoms with E-state index in [0.29, 0.717) is 0 Å². The van der Waals surface area contributed by atoms with Gasteiger partial charge in [0.15, 0.2) is 0 Å². The number of hydrogen-bond acceptors (Lipinski definition) is 1. The lowest BCUT2D eigenvalue weighted by Crippen LogP contribution is -1.94. The zero-order valence-corrected chi connectivity index (χ0v) is 12.4. The fraction of sp³-hybridized carbons (Fsp3) is 0.0625. The zero-order valence-electron chi connectivity index (χ0n) is 10.8. The molecule has 0 N–H and O–H groups in total. The summed E-state index contributed by atoms with van der Waals surface area (Å²) < 4.78 is 1.81. The van der Waals surface area contributed by atoms with E-state index in [-0.39, 0.29) is 0 Å². The number of benzene rings is 2. The van der Waals surface area contributed by atoms with Crippen LogP contribution in [0.2, 0.25) is 10.0 Å². The van der Waals surface area contributed by atoms with Gasteiger partial charge in [-0.25, -0.2) is 4.68 Å². The summed E-state index contributed by atoms with van der Waals surface area (Å²) in [6, 6.07) is 13.6. The summed E-state index contributed by atoms with van der Waals surface area (Å²) in [5.74, 6) is 0. The highest BCUT2D eigenvalue weighted by Crippen LogP contribution is 2.24. The van der Waals surface area contributed by atoms with Crippen molar-refractivity contribution in [1.29, 1.82) is 0 Å². The van der Waals surface area contributed by atoms with Gasteiger partial charge in [0.2, 0.25) is 0 Å². The van der Waals surface area contributed by atoms with Gasteiger partial charge < -0.3 is 0 Å². The van der Waals surface area contributed by atoms with Crippen LogP contribution in [0.5, 0.6) is 0 Å². The lowest BCUT2D eigenvalue weighted by atomic mass is 10.1. The van der Waals surface area contributed by atoms with Crippen LogP contribution < -0.4 is 0 Å². The highest BCUT2D eigenvalue weighted by atomic mass is 35.5. The Bertz CT molecular complexity index is 745. The number of aromatic nitrogens is 2. The molecule has 0 amide bonds. The van der Waals surface area contributed by atoms with Crippen LogP contribution in [0.25, 0.3) is 16.8 Å². The Kier molecular flexibility index (Phi) is 3.51. The molecular formula is C16H12Cl2N2. The molecule has 0 atom stereocenters. The maximum absolute atomic E-state index is 6.15. The van der Waals surface area contributed by atoms with Gasteiger partial charge in [0.25, 0.3) is 0 Å². The third kappa shape index (κ3) is 2.58. The number of rotatable bonds is 2. The van der Waals surface area contributed by atoms with E-state index in [1.807, 2.05) is 66.5 Å². The lowest BCUT2D eigenvalue weighted by Gasteiger charge is -2.03. The first-order valence-electron chi connectivity index (χ1n) is 6.20. The van der Waals surface area contributed by atoms with Gasteiger partial charge in [-0.3, -0.25) is 0 Å². The summed E-state index contributed by atoms with van der Waals surface area (Å²) >= 11 is 12.0. The number of halogens is 2. The summed E-state index contributed by atoms with van der Waals surface area (Å²) in [4.78, 5) is 0. The second-order valence-corrected chi connectivity index (χ2v) is 5.46. The molecule has 0 saturated carbocycles. The van der Waals surface area contributed by atoms with Crippen molar-refractivity contribution < 1.29 is 0 Å². The van der Waals surface area contributed by atoms with Crippen LogP contribution in [-0.4, -0.2) is 9.78 Å². The minimum Gasteiger partial charge on any atom is -0.240 e. The molecular weight excluding hydrogens is 291 g/mol. The smallest absolute Gasteiger partial charge is 0.0660 e. The fourth-order valence-electron chi connectivity index (χ4n) is 1.98. The van der Waals surface area contributed by atoms with Crippen LogP contribution in [0.4, 0.5) is 0 Å². The molecule has 0 fully saturated rings. The van der Waals surface area contributed by atoms with E-state index in [4.69, 9.17) is 23.2 Å². The molecule has 0 aliphatic heterocycles.